The maximum Gasteiger partial charge on any atom is 0.306 e. The van der Waals surface area contributed by atoms with Gasteiger partial charge in [0, 0.05) is 0 Å². The average Bonchev–Trinajstić information content (AvgIpc) is 1.36. The van der Waals surface area contributed by atoms with Crippen molar-refractivity contribution in [2.75, 3.05) is 0 Å². The van der Waals surface area contributed by atoms with Crippen molar-refractivity contribution in [1.82, 2.24) is 0 Å². The summed E-state index contributed by atoms with van der Waals surface area (Å²) in [5, 5.41) is 7.87. The van der Waals surface area contributed by atoms with E-state index in [9.17, 15) is 4.79 Å². The van der Waals surface area contributed by atoms with Crippen LogP contribution in [0, 0.1) is 12.8 Å². The molecule has 0 spiro atoms. The van der Waals surface area contributed by atoms with Crippen molar-refractivity contribution >= 4 is 5.97 Å². The Morgan fingerprint density at radius 2 is 2.17 bits per heavy atom. The van der Waals surface area contributed by atoms with Gasteiger partial charge in [0.05, 0.1) is 5.92 Å². The SMILES string of the molecule is [CH]C(C)C(=O)O. The van der Waals surface area contributed by atoms with E-state index in [1.165, 1.54) is 6.92 Å². The third-order valence-corrected chi connectivity index (χ3v) is 0.390. The zero-order valence-corrected chi connectivity index (χ0v) is 3.51. The summed E-state index contributed by atoms with van der Waals surface area (Å²) in [5.41, 5.74) is 0. The molecule has 2 nitrogen and oxygen atoms in total. The van der Waals surface area contributed by atoms with Crippen LogP contribution < -0.4 is 0 Å². The maximum absolute atomic E-state index is 9.57. The zero-order valence-electron chi connectivity index (χ0n) is 3.51. The molecule has 0 saturated carbocycles. The quantitative estimate of drug-likeness (QED) is 0.502. The van der Waals surface area contributed by atoms with Crippen LogP contribution in [-0.4, -0.2) is 11.1 Å². The van der Waals surface area contributed by atoms with Gasteiger partial charge in [-0.3, -0.25) is 4.79 Å². The molecule has 0 aromatic heterocycles. The Kier molecular flexibility index (Phi) is 1.64. The minimum Gasteiger partial charge on any atom is -0.481 e. The van der Waals surface area contributed by atoms with Gasteiger partial charge in [0.1, 0.15) is 0 Å². The third kappa shape index (κ3) is 1.76. The summed E-state index contributed by atoms with van der Waals surface area (Å²) in [6.45, 7) is 6.25. The number of carbonyl (C=O) groups is 1. The van der Waals surface area contributed by atoms with Gasteiger partial charge in [0.25, 0.3) is 0 Å². The van der Waals surface area contributed by atoms with E-state index in [0.29, 0.717) is 0 Å². The molecule has 0 fully saturated rings. The second-order valence-corrected chi connectivity index (χ2v) is 1.13. The largest absolute Gasteiger partial charge is 0.481 e. The molecular weight excluding hydrogens is 80.0 g/mol. The summed E-state index contributed by atoms with van der Waals surface area (Å²) < 4.78 is 0. The Balaban J connectivity index is 3.26. The lowest BCUT2D eigenvalue weighted by Crippen LogP contribution is -2.03. The van der Waals surface area contributed by atoms with Gasteiger partial charge in [-0.2, -0.15) is 0 Å². The molecular formula is C4H6O2. The molecule has 1 N–H and O–H groups in total. The second-order valence-electron chi connectivity index (χ2n) is 1.13. The summed E-state index contributed by atoms with van der Waals surface area (Å²) in [5.74, 6) is -1.69. The van der Waals surface area contributed by atoms with Crippen LogP contribution in [0.25, 0.3) is 0 Å². The third-order valence-electron chi connectivity index (χ3n) is 0.390. The fourth-order valence-electron chi connectivity index (χ4n) is 0. The molecule has 1 atom stereocenters. The number of carboxylic acids is 1. The van der Waals surface area contributed by atoms with Crippen LogP contribution >= 0.6 is 0 Å². The Morgan fingerprint density at radius 3 is 2.17 bits per heavy atom. The number of hydrogen-bond donors (Lipinski definition) is 1. The monoisotopic (exact) mass is 86.0 g/mol. The van der Waals surface area contributed by atoms with Crippen LogP contribution in [0.3, 0.4) is 0 Å². The zero-order chi connectivity index (χ0) is 5.15. The first kappa shape index (κ1) is 5.47. The van der Waals surface area contributed by atoms with E-state index in [1.807, 2.05) is 0 Å². The number of carboxylic acid groups (broad SMARTS) is 1. The van der Waals surface area contributed by atoms with E-state index in [1.54, 1.807) is 0 Å². The molecule has 0 aromatic rings. The fraction of sp³-hybridized carbons (Fsp3) is 0.500. The molecule has 2 heteroatoms. The summed E-state index contributed by atoms with van der Waals surface area (Å²) >= 11 is 0. The van der Waals surface area contributed by atoms with Crippen molar-refractivity contribution in [2.24, 2.45) is 5.92 Å². The lowest BCUT2D eigenvalue weighted by Gasteiger charge is -1.88. The van der Waals surface area contributed by atoms with E-state index in [2.05, 4.69) is 0 Å². The van der Waals surface area contributed by atoms with Crippen LogP contribution in [0.2, 0.25) is 0 Å². The van der Waals surface area contributed by atoms with Crippen molar-refractivity contribution < 1.29 is 9.90 Å². The molecule has 0 bridgehead atoms. The molecule has 0 heterocycles. The van der Waals surface area contributed by atoms with E-state index < -0.39 is 11.9 Å². The maximum atomic E-state index is 9.57. The highest BCUT2D eigenvalue weighted by molar-refractivity contribution is 5.69. The number of aliphatic carboxylic acids is 1. The van der Waals surface area contributed by atoms with Crippen molar-refractivity contribution in [3.05, 3.63) is 6.92 Å². The second kappa shape index (κ2) is 1.80. The summed E-state index contributed by atoms with van der Waals surface area (Å²) in [6.07, 6.45) is 0. The highest BCUT2D eigenvalue weighted by Gasteiger charge is 1.99. The van der Waals surface area contributed by atoms with Crippen molar-refractivity contribution in [3.8, 4) is 0 Å². The van der Waals surface area contributed by atoms with Gasteiger partial charge in [0.15, 0.2) is 0 Å². The molecule has 0 saturated heterocycles. The van der Waals surface area contributed by atoms with Gasteiger partial charge in [-0.1, -0.05) is 6.92 Å². The van der Waals surface area contributed by atoms with E-state index in [0.717, 1.165) is 0 Å². The molecule has 0 aliphatic carbocycles. The average molecular weight is 86.1 g/mol. The van der Waals surface area contributed by atoms with Gasteiger partial charge >= 0.3 is 5.97 Å². The van der Waals surface area contributed by atoms with Crippen LogP contribution in [0.4, 0.5) is 0 Å². The molecule has 0 amide bonds. The predicted molar refractivity (Wildman–Crippen MR) is 21.1 cm³/mol. The minimum atomic E-state index is -0.963. The minimum absolute atomic E-state index is 0.731. The summed E-state index contributed by atoms with van der Waals surface area (Å²) in [6, 6.07) is 0. The Hall–Kier alpha value is -0.530. The van der Waals surface area contributed by atoms with E-state index in [-0.39, 0.29) is 0 Å². The van der Waals surface area contributed by atoms with Crippen molar-refractivity contribution in [3.63, 3.8) is 0 Å². The summed E-state index contributed by atoms with van der Waals surface area (Å²) in [7, 11) is 0. The van der Waals surface area contributed by atoms with Gasteiger partial charge in [-0.25, -0.2) is 0 Å². The number of rotatable bonds is 1. The van der Waals surface area contributed by atoms with E-state index in [4.69, 9.17) is 12.0 Å². The number of hydrogen-bond acceptors (Lipinski definition) is 1. The van der Waals surface area contributed by atoms with Gasteiger partial charge < -0.3 is 5.11 Å². The van der Waals surface area contributed by atoms with Gasteiger partial charge in [-0.05, 0) is 6.92 Å². The topological polar surface area (TPSA) is 37.3 Å². The highest BCUT2D eigenvalue weighted by atomic mass is 16.4. The smallest absolute Gasteiger partial charge is 0.306 e. The first-order valence-corrected chi connectivity index (χ1v) is 1.63. The lowest BCUT2D eigenvalue weighted by atomic mass is 10.2. The molecule has 0 rings (SSSR count). The lowest BCUT2D eigenvalue weighted by molar-refractivity contribution is -0.139. The molecule has 2 radical (unpaired) electrons. The predicted octanol–water partition coefficient (Wildman–Crippen LogP) is 0.418. The first-order chi connectivity index (χ1) is 2.64. The Bertz CT molecular complexity index is 56.6. The van der Waals surface area contributed by atoms with Gasteiger partial charge in [-0.15, -0.1) is 0 Å². The normalized spacial score (nSPS) is 9.17. The fourth-order valence-corrected chi connectivity index (χ4v) is 0. The molecule has 0 aliphatic rings. The highest BCUT2D eigenvalue weighted by Crippen LogP contribution is 1.86. The Morgan fingerprint density at radius 1 is 2.00 bits per heavy atom. The molecule has 6 heavy (non-hydrogen) atoms. The van der Waals surface area contributed by atoms with Gasteiger partial charge in [0.2, 0.25) is 0 Å². The summed E-state index contributed by atoms with van der Waals surface area (Å²) in [4.78, 5) is 9.57. The van der Waals surface area contributed by atoms with Crippen LogP contribution in [0.1, 0.15) is 6.92 Å². The standard InChI is InChI=1S/C4H6O2/c1-3(2)4(5)6/h1,3H,2H3,(H,5,6). The van der Waals surface area contributed by atoms with Crippen LogP contribution in [0.5, 0.6) is 0 Å². The van der Waals surface area contributed by atoms with Crippen LogP contribution in [-0.2, 0) is 4.79 Å². The molecule has 0 aromatic carbocycles. The molecule has 34 valence electrons. The van der Waals surface area contributed by atoms with E-state index >= 15 is 0 Å². The first-order valence-electron chi connectivity index (χ1n) is 1.63. The molecule has 1 unspecified atom stereocenters. The van der Waals surface area contributed by atoms with Crippen molar-refractivity contribution in [2.45, 2.75) is 6.92 Å². The van der Waals surface area contributed by atoms with Crippen molar-refractivity contribution in [1.29, 1.82) is 0 Å². The molecule has 0 aliphatic heterocycles. The van der Waals surface area contributed by atoms with Crippen LogP contribution in [0.15, 0.2) is 0 Å². The Labute approximate surface area is 36.8 Å².